The van der Waals surface area contributed by atoms with Gasteiger partial charge < -0.3 is 11.1 Å². The summed E-state index contributed by atoms with van der Waals surface area (Å²) in [6.45, 7) is 2.70. The Kier molecular flexibility index (Phi) is 2.76. The molecule has 0 aliphatic carbocycles. The molecule has 0 fully saturated rings. The molecule has 0 unspecified atom stereocenters. The number of hydrogen-bond acceptors (Lipinski definition) is 4. The lowest BCUT2D eigenvalue weighted by molar-refractivity contribution is 0.698. The van der Waals surface area contributed by atoms with Crippen molar-refractivity contribution in [1.29, 1.82) is 0 Å². The van der Waals surface area contributed by atoms with Gasteiger partial charge in [-0.2, -0.15) is 4.98 Å². The Morgan fingerprint density at radius 1 is 1.31 bits per heavy atom. The lowest BCUT2D eigenvalue weighted by atomic mass is 10.1. The van der Waals surface area contributed by atoms with Crippen molar-refractivity contribution in [3.63, 3.8) is 0 Å². The smallest absolute Gasteiger partial charge is 0.243 e. The van der Waals surface area contributed by atoms with Crippen LogP contribution in [0.15, 0.2) is 24.3 Å². The van der Waals surface area contributed by atoms with E-state index in [9.17, 15) is 0 Å². The Bertz CT molecular complexity index is 472. The number of aromatic nitrogens is 3. The van der Waals surface area contributed by atoms with E-state index in [1.54, 1.807) is 11.7 Å². The maximum absolute atomic E-state index is 5.74. The molecule has 0 bridgehead atoms. The predicted octanol–water partition coefficient (Wildman–Crippen LogP) is 1.26. The monoisotopic (exact) mass is 217 g/mol. The van der Waals surface area contributed by atoms with Gasteiger partial charge >= 0.3 is 0 Å². The van der Waals surface area contributed by atoms with Gasteiger partial charge in [0.05, 0.1) is 6.54 Å². The average molecular weight is 217 g/mol. The highest BCUT2D eigenvalue weighted by Gasteiger charge is 2.05. The molecule has 1 aromatic heterocycles. The van der Waals surface area contributed by atoms with Gasteiger partial charge in [-0.05, 0) is 12.5 Å². The molecule has 0 aliphatic rings. The second kappa shape index (κ2) is 4.22. The summed E-state index contributed by atoms with van der Waals surface area (Å²) in [5.41, 5.74) is 8.14. The fraction of sp³-hybridized carbons (Fsp3) is 0.273. The molecule has 0 saturated carbocycles. The van der Waals surface area contributed by atoms with Gasteiger partial charge in [0.15, 0.2) is 0 Å². The number of nitrogens with zero attached hydrogens (tertiary/aromatic N) is 3. The number of nitrogens with two attached hydrogens (primary N) is 1. The molecule has 16 heavy (non-hydrogen) atoms. The fourth-order valence-electron chi connectivity index (χ4n) is 1.44. The van der Waals surface area contributed by atoms with Crippen LogP contribution < -0.4 is 11.1 Å². The highest BCUT2D eigenvalue weighted by Crippen LogP contribution is 2.09. The van der Waals surface area contributed by atoms with Crippen LogP contribution in [0.2, 0.25) is 0 Å². The molecule has 0 amide bonds. The first kappa shape index (κ1) is 10.5. The molecule has 0 atom stereocenters. The van der Waals surface area contributed by atoms with E-state index in [0.29, 0.717) is 18.4 Å². The van der Waals surface area contributed by atoms with Crippen molar-refractivity contribution in [3.05, 3.63) is 35.4 Å². The van der Waals surface area contributed by atoms with Gasteiger partial charge in [-0.25, -0.2) is 4.68 Å². The first-order valence-corrected chi connectivity index (χ1v) is 5.12. The van der Waals surface area contributed by atoms with E-state index in [-0.39, 0.29) is 0 Å². The molecule has 1 aromatic carbocycles. The summed E-state index contributed by atoms with van der Waals surface area (Å²) >= 11 is 0. The first-order chi connectivity index (χ1) is 7.69. The van der Waals surface area contributed by atoms with Crippen molar-refractivity contribution in [3.8, 4) is 0 Å². The molecule has 0 saturated heterocycles. The zero-order valence-corrected chi connectivity index (χ0v) is 9.44. The summed E-state index contributed by atoms with van der Waals surface area (Å²) < 4.78 is 1.68. The Hall–Kier alpha value is -2.04. The zero-order valence-electron chi connectivity index (χ0n) is 9.44. The number of benzene rings is 1. The first-order valence-electron chi connectivity index (χ1n) is 5.12. The van der Waals surface area contributed by atoms with Crippen molar-refractivity contribution in [1.82, 2.24) is 14.8 Å². The van der Waals surface area contributed by atoms with Crippen molar-refractivity contribution in [2.75, 3.05) is 18.1 Å². The molecule has 0 spiro atoms. The third-order valence-electron chi connectivity index (χ3n) is 2.38. The van der Waals surface area contributed by atoms with Crippen LogP contribution >= 0.6 is 0 Å². The SMILES string of the molecule is CNc1nc(N)n(Cc2ccc(C)cc2)n1. The van der Waals surface area contributed by atoms with Crippen molar-refractivity contribution in [2.45, 2.75) is 13.5 Å². The molecule has 5 nitrogen and oxygen atoms in total. The number of aryl methyl sites for hydroxylation is 1. The van der Waals surface area contributed by atoms with Crippen LogP contribution in [-0.4, -0.2) is 21.8 Å². The van der Waals surface area contributed by atoms with Crippen molar-refractivity contribution < 1.29 is 0 Å². The molecule has 3 N–H and O–H groups in total. The summed E-state index contributed by atoms with van der Waals surface area (Å²) in [6, 6.07) is 8.27. The van der Waals surface area contributed by atoms with E-state index in [4.69, 9.17) is 5.73 Å². The second-order valence-corrected chi connectivity index (χ2v) is 3.69. The lowest BCUT2D eigenvalue weighted by Gasteiger charge is -2.03. The fourth-order valence-corrected chi connectivity index (χ4v) is 1.44. The number of rotatable bonds is 3. The van der Waals surface area contributed by atoms with Gasteiger partial charge in [-0.1, -0.05) is 29.8 Å². The maximum atomic E-state index is 5.74. The minimum Gasteiger partial charge on any atom is -0.368 e. The normalized spacial score (nSPS) is 10.4. The van der Waals surface area contributed by atoms with Crippen molar-refractivity contribution >= 4 is 11.9 Å². The molecule has 2 aromatic rings. The largest absolute Gasteiger partial charge is 0.368 e. The van der Waals surface area contributed by atoms with Crippen LogP contribution in [-0.2, 0) is 6.54 Å². The third kappa shape index (κ3) is 2.13. The van der Waals surface area contributed by atoms with E-state index >= 15 is 0 Å². The molecule has 5 heteroatoms. The Morgan fingerprint density at radius 3 is 2.56 bits per heavy atom. The molecule has 0 radical (unpaired) electrons. The van der Waals surface area contributed by atoms with Crippen LogP contribution in [0, 0.1) is 6.92 Å². The van der Waals surface area contributed by atoms with Crippen LogP contribution in [0.25, 0.3) is 0 Å². The molecule has 84 valence electrons. The third-order valence-corrected chi connectivity index (χ3v) is 2.38. The molecular weight excluding hydrogens is 202 g/mol. The number of anilines is 2. The summed E-state index contributed by atoms with van der Waals surface area (Å²) in [5.74, 6) is 0.967. The standard InChI is InChI=1S/C11H15N5/c1-8-3-5-9(6-4-8)7-16-10(12)14-11(13-2)15-16/h3-6H,7H2,1-2H3,(H3,12,13,14,15). The number of nitrogen functional groups attached to an aromatic ring is 1. The van der Waals surface area contributed by atoms with Gasteiger partial charge in [-0.15, -0.1) is 5.10 Å². The molecule has 0 aliphatic heterocycles. The highest BCUT2D eigenvalue weighted by atomic mass is 15.4. The van der Waals surface area contributed by atoms with Crippen molar-refractivity contribution in [2.24, 2.45) is 0 Å². The topological polar surface area (TPSA) is 68.8 Å². The highest BCUT2D eigenvalue weighted by molar-refractivity contribution is 5.31. The van der Waals surface area contributed by atoms with Gasteiger partial charge in [0, 0.05) is 7.05 Å². The minimum absolute atomic E-state index is 0.421. The maximum Gasteiger partial charge on any atom is 0.243 e. The van der Waals surface area contributed by atoms with Crippen LogP contribution in [0.3, 0.4) is 0 Å². The predicted molar refractivity (Wildman–Crippen MR) is 64.3 cm³/mol. The van der Waals surface area contributed by atoms with E-state index in [2.05, 4.69) is 46.6 Å². The van der Waals surface area contributed by atoms with Crippen LogP contribution in [0.4, 0.5) is 11.9 Å². The molecule has 1 heterocycles. The second-order valence-electron chi connectivity index (χ2n) is 3.69. The van der Waals surface area contributed by atoms with Gasteiger partial charge in [0.1, 0.15) is 0 Å². The Morgan fingerprint density at radius 2 is 2.00 bits per heavy atom. The zero-order chi connectivity index (χ0) is 11.5. The Labute approximate surface area is 94.3 Å². The summed E-state index contributed by atoms with van der Waals surface area (Å²) in [4.78, 5) is 4.06. The lowest BCUT2D eigenvalue weighted by Crippen LogP contribution is -2.06. The van der Waals surface area contributed by atoms with Gasteiger partial charge in [0.25, 0.3) is 0 Å². The van der Waals surface area contributed by atoms with Gasteiger partial charge in [-0.3, -0.25) is 0 Å². The van der Waals surface area contributed by atoms with Crippen LogP contribution in [0.1, 0.15) is 11.1 Å². The minimum atomic E-state index is 0.421. The van der Waals surface area contributed by atoms with Gasteiger partial charge in [0.2, 0.25) is 11.9 Å². The Balaban J connectivity index is 2.19. The quantitative estimate of drug-likeness (QED) is 0.812. The number of nitrogens with one attached hydrogen (secondary N) is 1. The molecule has 2 rings (SSSR count). The summed E-state index contributed by atoms with van der Waals surface area (Å²) in [7, 11) is 1.77. The molecular formula is C11H15N5. The van der Waals surface area contributed by atoms with E-state index in [1.807, 2.05) is 0 Å². The van der Waals surface area contributed by atoms with E-state index in [0.717, 1.165) is 5.56 Å². The summed E-state index contributed by atoms with van der Waals surface area (Å²) in [5, 5.41) is 7.08. The number of hydrogen-bond donors (Lipinski definition) is 2. The van der Waals surface area contributed by atoms with E-state index < -0.39 is 0 Å². The van der Waals surface area contributed by atoms with E-state index in [1.165, 1.54) is 5.56 Å². The average Bonchev–Trinajstić information content (AvgIpc) is 2.63. The van der Waals surface area contributed by atoms with Crippen LogP contribution in [0.5, 0.6) is 0 Å². The summed E-state index contributed by atoms with van der Waals surface area (Å²) in [6.07, 6.45) is 0.